The molecule has 0 amide bonds. The molecule has 0 fully saturated rings. The second-order valence-electron chi connectivity index (χ2n) is 4.62. The van der Waals surface area contributed by atoms with Gasteiger partial charge in [-0.2, -0.15) is 0 Å². The van der Waals surface area contributed by atoms with Crippen LogP contribution in [0.4, 0.5) is 4.39 Å². The van der Waals surface area contributed by atoms with Gasteiger partial charge in [-0.05, 0) is 45.8 Å². The zero-order valence-corrected chi connectivity index (χ0v) is 12.5. The summed E-state index contributed by atoms with van der Waals surface area (Å²) in [5.74, 6) is 0.304. The maximum atomic E-state index is 14.2. The number of hydrogen-bond acceptors (Lipinski definition) is 2. The van der Waals surface area contributed by atoms with Crippen LogP contribution in [0.5, 0.6) is 0 Å². The lowest BCUT2D eigenvalue weighted by molar-refractivity contribution is 0.622. The highest BCUT2D eigenvalue weighted by atomic mass is 79.9. The molecular weight excluding hydrogens is 321 g/mol. The highest BCUT2D eigenvalue weighted by Crippen LogP contribution is 2.29. The first-order valence-corrected chi connectivity index (χ1v) is 7.01. The number of fused-ring (bicyclic) bond motifs is 1. The zero-order valence-electron chi connectivity index (χ0n) is 10.9. The summed E-state index contributed by atoms with van der Waals surface area (Å²) in [7, 11) is 1.88. The highest BCUT2D eigenvalue weighted by molar-refractivity contribution is 9.10. The van der Waals surface area contributed by atoms with Gasteiger partial charge in [-0.15, -0.1) is 0 Å². The molecule has 2 aromatic carbocycles. The summed E-state index contributed by atoms with van der Waals surface area (Å²) >= 11 is 3.21. The number of imidazole rings is 1. The van der Waals surface area contributed by atoms with Gasteiger partial charge in [-0.1, -0.05) is 12.1 Å². The van der Waals surface area contributed by atoms with Crippen molar-refractivity contribution in [3.63, 3.8) is 0 Å². The van der Waals surface area contributed by atoms with Crippen LogP contribution in [0.1, 0.15) is 5.56 Å². The second kappa shape index (κ2) is 5.00. The lowest BCUT2D eigenvalue weighted by Gasteiger charge is -2.05. The maximum Gasteiger partial charge on any atom is 0.148 e. The average molecular weight is 334 g/mol. The summed E-state index contributed by atoms with van der Waals surface area (Å²) < 4.78 is 16.5. The van der Waals surface area contributed by atoms with E-state index in [2.05, 4.69) is 20.9 Å². The molecule has 20 heavy (non-hydrogen) atoms. The number of hydrogen-bond donors (Lipinski definition) is 1. The fourth-order valence-corrected chi connectivity index (χ4v) is 2.65. The van der Waals surface area contributed by atoms with Crippen LogP contribution in [-0.2, 0) is 13.6 Å². The van der Waals surface area contributed by atoms with Gasteiger partial charge < -0.3 is 10.3 Å². The van der Waals surface area contributed by atoms with Crippen molar-refractivity contribution in [2.45, 2.75) is 6.54 Å². The van der Waals surface area contributed by atoms with Crippen molar-refractivity contribution < 1.29 is 4.39 Å². The molecule has 5 heteroatoms. The van der Waals surface area contributed by atoms with Crippen molar-refractivity contribution in [3.05, 3.63) is 52.3 Å². The van der Waals surface area contributed by atoms with Gasteiger partial charge in [0.2, 0.25) is 0 Å². The molecule has 0 bridgehead atoms. The van der Waals surface area contributed by atoms with Crippen LogP contribution in [0, 0.1) is 5.82 Å². The standard InChI is InChI=1S/C15H13BrFN3/c1-20-13-7-9(8-18)5-6-12(13)19-15(20)10-3-2-4-11(16)14(10)17/h2-7H,8,18H2,1H3. The van der Waals surface area contributed by atoms with Crippen molar-refractivity contribution >= 4 is 27.0 Å². The molecule has 102 valence electrons. The first-order chi connectivity index (χ1) is 9.61. The van der Waals surface area contributed by atoms with Crippen molar-refractivity contribution in [1.29, 1.82) is 0 Å². The minimum absolute atomic E-state index is 0.301. The van der Waals surface area contributed by atoms with E-state index in [-0.39, 0.29) is 5.82 Å². The van der Waals surface area contributed by atoms with Gasteiger partial charge in [0.1, 0.15) is 11.6 Å². The molecule has 0 spiro atoms. The third-order valence-electron chi connectivity index (χ3n) is 3.37. The molecule has 3 rings (SSSR count). The number of nitrogens with two attached hydrogens (primary N) is 1. The Morgan fingerprint density at radius 1 is 1.30 bits per heavy atom. The smallest absolute Gasteiger partial charge is 0.148 e. The third-order valence-corrected chi connectivity index (χ3v) is 3.99. The Hall–Kier alpha value is -1.72. The summed E-state index contributed by atoms with van der Waals surface area (Å²) in [6, 6.07) is 11.0. The number of aromatic nitrogens is 2. The van der Waals surface area contributed by atoms with E-state index in [1.165, 1.54) is 0 Å². The normalized spacial score (nSPS) is 11.2. The van der Waals surface area contributed by atoms with Crippen LogP contribution in [0.3, 0.4) is 0 Å². The first-order valence-electron chi connectivity index (χ1n) is 6.21. The molecule has 1 aromatic heterocycles. The molecular formula is C15H13BrFN3. The summed E-state index contributed by atoms with van der Waals surface area (Å²) in [5.41, 5.74) is 8.94. The maximum absolute atomic E-state index is 14.2. The Balaban J connectivity index is 2.27. The van der Waals surface area contributed by atoms with Crippen molar-refractivity contribution in [1.82, 2.24) is 9.55 Å². The van der Waals surface area contributed by atoms with Crippen LogP contribution >= 0.6 is 15.9 Å². The van der Waals surface area contributed by atoms with Gasteiger partial charge in [0, 0.05) is 13.6 Å². The van der Waals surface area contributed by atoms with Crippen LogP contribution in [0.2, 0.25) is 0 Å². The zero-order chi connectivity index (χ0) is 14.3. The van der Waals surface area contributed by atoms with Crippen molar-refractivity contribution in [3.8, 4) is 11.4 Å². The summed E-state index contributed by atoms with van der Waals surface area (Å²) in [5, 5.41) is 0. The third kappa shape index (κ3) is 2.03. The van der Waals surface area contributed by atoms with Crippen LogP contribution in [-0.4, -0.2) is 9.55 Å². The van der Waals surface area contributed by atoms with Crippen LogP contribution in [0.15, 0.2) is 40.9 Å². The number of benzene rings is 2. The van der Waals surface area contributed by atoms with E-state index in [1.54, 1.807) is 18.2 Å². The van der Waals surface area contributed by atoms with Gasteiger partial charge in [0.05, 0.1) is 21.1 Å². The van der Waals surface area contributed by atoms with E-state index < -0.39 is 0 Å². The number of nitrogens with zero attached hydrogens (tertiary/aromatic N) is 2. The molecule has 0 atom stereocenters. The predicted octanol–water partition coefficient (Wildman–Crippen LogP) is 3.60. The minimum Gasteiger partial charge on any atom is -0.327 e. The highest BCUT2D eigenvalue weighted by Gasteiger charge is 2.15. The molecule has 3 aromatic rings. The molecule has 0 saturated heterocycles. The average Bonchev–Trinajstić information content (AvgIpc) is 2.78. The summed E-state index contributed by atoms with van der Waals surface area (Å²) in [6.07, 6.45) is 0. The molecule has 0 aliphatic rings. The lowest BCUT2D eigenvalue weighted by atomic mass is 10.2. The molecule has 0 radical (unpaired) electrons. The molecule has 3 nitrogen and oxygen atoms in total. The number of halogens is 2. The monoisotopic (exact) mass is 333 g/mol. The number of aryl methyl sites for hydroxylation is 1. The fourth-order valence-electron chi connectivity index (χ4n) is 2.28. The Morgan fingerprint density at radius 2 is 2.10 bits per heavy atom. The second-order valence-corrected chi connectivity index (χ2v) is 5.48. The molecule has 0 aliphatic heterocycles. The molecule has 2 N–H and O–H groups in total. The van der Waals surface area contributed by atoms with E-state index >= 15 is 0 Å². The molecule has 1 heterocycles. The topological polar surface area (TPSA) is 43.8 Å². The van der Waals surface area contributed by atoms with E-state index in [1.807, 2.05) is 29.8 Å². The predicted molar refractivity (Wildman–Crippen MR) is 81.7 cm³/mol. The first kappa shape index (κ1) is 13.3. The minimum atomic E-state index is -0.301. The number of rotatable bonds is 2. The largest absolute Gasteiger partial charge is 0.327 e. The Morgan fingerprint density at radius 3 is 2.85 bits per heavy atom. The quantitative estimate of drug-likeness (QED) is 0.778. The molecule has 0 unspecified atom stereocenters. The van der Waals surface area contributed by atoms with Gasteiger partial charge in [0.25, 0.3) is 0 Å². The van der Waals surface area contributed by atoms with E-state index in [0.29, 0.717) is 22.4 Å². The Bertz CT molecular complexity index is 795. The Kier molecular flexibility index (Phi) is 3.31. The van der Waals surface area contributed by atoms with E-state index in [0.717, 1.165) is 16.6 Å². The van der Waals surface area contributed by atoms with Crippen LogP contribution in [0.25, 0.3) is 22.4 Å². The summed E-state index contributed by atoms with van der Waals surface area (Å²) in [4.78, 5) is 4.52. The van der Waals surface area contributed by atoms with Crippen molar-refractivity contribution in [2.75, 3.05) is 0 Å². The lowest BCUT2D eigenvalue weighted by Crippen LogP contribution is -1.97. The van der Waals surface area contributed by atoms with Gasteiger partial charge in [0.15, 0.2) is 0 Å². The molecule has 0 aliphatic carbocycles. The van der Waals surface area contributed by atoms with Crippen molar-refractivity contribution in [2.24, 2.45) is 12.8 Å². The van der Waals surface area contributed by atoms with Crippen LogP contribution < -0.4 is 5.73 Å². The van der Waals surface area contributed by atoms with E-state index in [9.17, 15) is 4.39 Å². The SMILES string of the molecule is Cn1c(-c2cccc(Br)c2F)nc2ccc(CN)cc21. The van der Waals surface area contributed by atoms with Gasteiger partial charge in [-0.25, -0.2) is 9.37 Å². The summed E-state index contributed by atoms with van der Waals surface area (Å²) in [6.45, 7) is 0.474. The van der Waals surface area contributed by atoms with Gasteiger partial charge >= 0.3 is 0 Å². The Labute approximate surface area is 124 Å². The molecule has 0 saturated carbocycles. The van der Waals surface area contributed by atoms with Gasteiger partial charge in [-0.3, -0.25) is 0 Å². The fraction of sp³-hybridized carbons (Fsp3) is 0.133. The van der Waals surface area contributed by atoms with E-state index in [4.69, 9.17) is 5.73 Å².